The number of hydrogen-bond acceptors (Lipinski definition) is 2. The molecule has 24 heavy (non-hydrogen) atoms. The van der Waals surface area contributed by atoms with Gasteiger partial charge in [-0.2, -0.15) is 0 Å². The highest BCUT2D eigenvalue weighted by atomic mass is 16.2. The Hall–Kier alpha value is -1.35. The van der Waals surface area contributed by atoms with E-state index >= 15 is 0 Å². The zero-order valence-corrected chi connectivity index (χ0v) is 15.3. The molecule has 2 fully saturated rings. The van der Waals surface area contributed by atoms with Crippen molar-refractivity contribution in [2.24, 2.45) is 11.8 Å². The van der Waals surface area contributed by atoms with Crippen molar-refractivity contribution in [2.45, 2.75) is 45.4 Å². The second-order valence-corrected chi connectivity index (χ2v) is 7.92. The summed E-state index contributed by atoms with van der Waals surface area (Å²) in [4.78, 5) is 17.4. The molecule has 2 aliphatic heterocycles. The first-order chi connectivity index (χ1) is 11.6. The van der Waals surface area contributed by atoms with E-state index in [1.54, 1.807) is 0 Å². The molecule has 1 aromatic rings. The molecule has 0 N–H and O–H groups in total. The molecule has 0 unspecified atom stereocenters. The molecule has 1 amide bonds. The largest absolute Gasteiger partial charge is 0.342 e. The van der Waals surface area contributed by atoms with Crippen molar-refractivity contribution < 1.29 is 4.79 Å². The first kappa shape index (κ1) is 17.5. The molecule has 2 heterocycles. The summed E-state index contributed by atoms with van der Waals surface area (Å²) in [6.45, 7) is 9.77. The lowest BCUT2D eigenvalue weighted by Gasteiger charge is -2.37. The minimum atomic E-state index is 0.263. The Morgan fingerprint density at radius 1 is 1.12 bits per heavy atom. The summed E-state index contributed by atoms with van der Waals surface area (Å²) in [6, 6.07) is 10.8. The van der Waals surface area contributed by atoms with Crippen molar-refractivity contribution in [1.82, 2.24) is 9.80 Å². The van der Waals surface area contributed by atoms with Gasteiger partial charge in [0.25, 0.3) is 0 Å². The summed E-state index contributed by atoms with van der Waals surface area (Å²) in [5.41, 5.74) is 1.41. The molecule has 132 valence electrons. The number of hydrogen-bond donors (Lipinski definition) is 0. The SMILES string of the molecule is C[C@@H]1CCCN(C(=O)C2CCN(C[C@H](C)c3ccccc3)CC2)C1. The summed E-state index contributed by atoms with van der Waals surface area (Å²) in [5.74, 6) is 1.92. The predicted molar refractivity (Wildman–Crippen MR) is 99.0 cm³/mol. The number of carbonyl (C=O) groups excluding carboxylic acids is 1. The third-order valence-corrected chi connectivity index (χ3v) is 5.81. The monoisotopic (exact) mass is 328 g/mol. The molecular weight excluding hydrogens is 296 g/mol. The normalized spacial score (nSPS) is 24.8. The van der Waals surface area contributed by atoms with Gasteiger partial charge in [-0.3, -0.25) is 4.79 Å². The Balaban J connectivity index is 1.46. The quantitative estimate of drug-likeness (QED) is 0.840. The molecule has 0 saturated carbocycles. The number of benzene rings is 1. The highest BCUT2D eigenvalue weighted by molar-refractivity contribution is 5.79. The van der Waals surface area contributed by atoms with E-state index in [2.05, 4.69) is 54.0 Å². The Labute approximate surface area is 147 Å². The third kappa shape index (κ3) is 4.38. The van der Waals surface area contributed by atoms with Crippen LogP contribution in [0.3, 0.4) is 0 Å². The molecular formula is C21H32N2O. The Morgan fingerprint density at radius 2 is 1.83 bits per heavy atom. The fourth-order valence-corrected chi connectivity index (χ4v) is 4.28. The predicted octanol–water partition coefficient (Wildman–Crippen LogP) is 3.76. The van der Waals surface area contributed by atoms with Crippen LogP contribution in [-0.4, -0.2) is 48.4 Å². The lowest BCUT2D eigenvalue weighted by molar-refractivity contribution is -0.138. The van der Waals surface area contributed by atoms with E-state index < -0.39 is 0 Å². The molecule has 0 aliphatic carbocycles. The average molecular weight is 329 g/mol. The first-order valence-corrected chi connectivity index (χ1v) is 9.69. The van der Waals surface area contributed by atoms with Gasteiger partial charge < -0.3 is 9.80 Å². The van der Waals surface area contributed by atoms with Crippen LogP contribution in [0.1, 0.15) is 51.0 Å². The van der Waals surface area contributed by atoms with Crippen LogP contribution in [0.5, 0.6) is 0 Å². The molecule has 3 heteroatoms. The molecule has 3 rings (SSSR count). The maximum Gasteiger partial charge on any atom is 0.225 e. The van der Waals surface area contributed by atoms with E-state index in [9.17, 15) is 4.79 Å². The summed E-state index contributed by atoms with van der Waals surface area (Å²) in [7, 11) is 0. The molecule has 0 spiro atoms. The molecule has 0 aromatic heterocycles. The van der Waals surface area contributed by atoms with Gasteiger partial charge >= 0.3 is 0 Å². The van der Waals surface area contributed by atoms with Crippen LogP contribution in [0.25, 0.3) is 0 Å². The minimum Gasteiger partial charge on any atom is -0.342 e. The number of carbonyl (C=O) groups is 1. The highest BCUT2D eigenvalue weighted by Crippen LogP contribution is 2.25. The van der Waals surface area contributed by atoms with Crippen LogP contribution in [0.15, 0.2) is 30.3 Å². The first-order valence-electron chi connectivity index (χ1n) is 9.69. The van der Waals surface area contributed by atoms with E-state index in [4.69, 9.17) is 0 Å². The fourth-order valence-electron chi connectivity index (χ4n) is 4.28. The molecule has 0 radical (unpaired) electrons. The minimum absolute atomic E-state index is 0.263. The van der Waals surface area contributed by atoms with Crippen molar-refractivity contribution in [3.05, 3.63) is 35.9 Å². The summed E-state index contributed by atoms with van der Waals surface area (Å²) in [6.07, 6.45) is 4.52. The van der Waals surface area contributed by atoms with Gasteiger partial charge in [0, 0.05) is 25.6 Å². The smallest absolute Gasteiger partial charge is 0.225 e. The molecule has 2 atom stereocenters. The van der Waals surface area contributed by atoms with Gasteiger partial charge in [-0.05, 0) is 56.2 Å². The van der Waals surface area contributed by atoms with Crippen molar-refractivity contribution >= 4 is 5.91 Å². The lowest BCUT2D eigenvalue weighted by atomic mass is 9.92. The van der Waals surface area contributed by atoms with E-state index in [0.717, 1.165) is 45.6 Å². The molecule has 2 aliphatic rings. The number of nitrogens with zero attached hydrogens (tertiary/aromatic N) is 2. The summed E-state index contributed by atoms with van der Waals surface area (Å²) >= 11 is 0. The second-order valence-electron chi connectivity index (χ2n) is 7.92. The standard InChI is InChI=1S/C21H32N2O/c1-17-7-6-12-23(15-17)21(24)20-10-13-22(14-11-20)16-18(2)19-8-4-3-5-9-19/h3-5,8-9,17-18,20H,6-7,10-16H2,1-2H3/t17-,18+/m1/s1. The van der Waals surface area contributed by atoms with Gasteiger partial charge in [0.05, 0.1) is 0 Å². The van der Waals surface area contributed by atoms with Crippen molar-refractivity contribution in [3.63, 3.8) is 0 Å². The summed E-state index contributed by atoms with van der Waals surface area (Å²) < 4.78 is 0. The molecule has 0 bridgehead atoms. The highest BCUT2D eigenvalue weighted by Gasteiger charge is 2.30. The number of piperidine rings is 2. The van der Waals surface area contributed by atoms with Crippen LogP contribution >= 0.6 is 0 Å². The zero-order valence-electron chi connectivity index (χ0n) is 15.3. The average Bonchev–Trinajstić information content (AvgIpc) is 2.62. The molecule has 2 saturated heterocycles. The van der Waals surface area contributed by atoms with Gasteiger partial charge in [0.2, 0.25) is 5.91 Å². The Morgan fingerprint density at radius 3 is 2.50 bits per heavy atom. The van der Waals surface area contributed by atoms with Crippen molar-refractivity contribution in [3.8, 4) is 0 Å². The maximum atomic E-state index is 12.8. The molecule has 3 nitrogen and oxygen atoms in total. The van der Waals surface area contributed by atoms with Crippen LogP contribution in [0, 0.1) is 11.8 Å². The van der Waals surface area contributed by atoms with Crippen molar-refractivity contribution in [1.29, 1.82) is 0 Å². The van der Waals surface area contributed by atoms with Gasteiger partial charge in [0.15, 0.2) is 0 Å². The van der Waals surface area contributed by atoms with Crippen LogP contribution in [0.2, 0.25) is 0 Å². The van der Waals surface area contributed by atoms with Crippen LogP contribution in [-0.2, 0) is 4.79 Å². The summed E-state index contributed by atoms with van der Waals surface area (Å²) in [5, 5.41) is 0. The Bertz CT molecular complexity index is 522. The topological polar surface area (TPSA) is 23.6 Å². The van der Waals surface area contributed by atoms with E-state index in [-0.39, 0.29) is 5.92 Å². The van der Waals surface area contributed by atoms with Crippen LogP contribution in [0.4, 0.5) is 0 Å². The maximum absolute atomic E-state index is 12.8. The fraction of sp³-hybridized carbons (Fsp3) is 0.667. The van der Waals surface area contributed by atoms with Gasteiger partial charge in [-0.1, -0.05) is 44.2 Å². The van der Waals surface area contributed by atoms with E-state index in [1.165, 1.54) is 18.4 Å². The second kappa shape index (κ2) is 8.15. The molecule has 1 aromatic carbocycles. The van der Waals surface area contributed by atoms with Crippen LogP contribution < -0.4 is 0 Å². The lowest BCUT2D eigenvalue weighted by Crippen LogP contribution is -2.46. The van der Waals surface area contributed by atoms with E-state index in [0.29, 0.717) is 17.7 Å². The van der Waals surface area contributed by atoms with Gasteiger partial charge in [-0.15, -0.1) is 0 Å². The zero-order chi connectivity index (χ0) is 16.9. The number of likely N-dealkylation sites (tertiary alicyclic amines) is 2. The third-order valence-electron chi connectivity index (χ3n) is 5.81. The number of rotatable bonds is 4. The van der Waals surface area contributed by atoms with E-state index in [1.807, 2.05) is 0 Å². The Kier molecular flexibility index (Phi) is 5.94. The van der Waals surface area contributed by atoms with Crippen molar-refractivity contribution in [2.75, 3.05) is 32.7 Å². The number of amides is 1. The van der Waals surface area contributed by atoms with Gasteiger partial charge in [0.1, 0.15) is 0 Å². The van der Waals surface area contributed by atoms with Gasteiger partial charge in [-0.25, -0.2) is 0 Å².